The van der Waals surface area contributed by atoms with E-state index in [0.29, 0.717) is 16.6 Å². The summed E-state index contributed by atoms with van der Waals surface area (Å²) in [6, 6.07) is 15.1. The predicted octanol–water partition coefficient (Wildman–Crippen LogP) is 4.12. The minimum atomic E-state index is -0.870. The third kappa shape index (κ3) is 4.01. The fraction of sp³-hybridized carbons (Fsp3) is 0.0476. The van der Waals surface area contributed by atoms with E-state index in [9.17, 15) is 18.4 Å². The molecule has 29 heavy (non-hydrogen) atoms. The number of benzene rings is 3. The van der Waals surface area contributed by atoms with Gasteiger partial charge in [0.15, 0.2) is 0 Å². The summed E-state index contributed by atoms with van der Waals surface area (Å²) in [6.07, 6.45) is 0. The van der Waals surface area contributed by atoms with Crippen LogP contribution in [0, 0.1) is 11.6 Å². The van der Waals surface area contributed by atoms with Crippen molar-refractivity contribution in [3.05, 3.63) is 88.3 Å². The molecule has 0 saturated heterocycles. The van der Waals surface area contributed by atoms with Crippen LogP contribution < -0.4 is 16.3 Å². The zero-order chi connectivity index (χ0) is 20.4. The molecule has 1 heterocycles. The van der Waals surface area contributed by atoms with Crippen molar-refractivity contribution in [2.45, 2.75) is 6.54 Å². The van der Waals surface area contributed by atoms with Crippen molar-refractivity contribution >= 4 is 22.8 Å². The lowest BCUT2D eigenvalue weighted by atomic mass is 10.0. The van der Waals surface area contributed by atoms with Gasteiger partial charge in [0.25, 0.3) is 0 Å². The number of H-pyrrole nitrogens is 2. The first-order valence-electron chi connectivity index (χ1n) is 8.80. The zero-order valence-electron chi connectivity index (χ0n) is 15.1. The van der Waals surface area contributed by atoms with Crippen LogP contribution in [0.15, 0.2) is 65.5 Å². The second-order valence-electron chi connectivity index (χ2n) is 6.44. The number of amides is 2. The van der Waals surface area contributed by atoms with E-state index in [-0.39, 0.29) is 23.5 Å². The lowest BCUT2D eigenvalue weighted by Gasteiger charge is -2.14. The van der Waals surface area contributed by atoms with E-state index in [1.165, 1.54) is 6.07 Å². The molecule has 0 aliphatic carbocycles. The van der Waals surface area contributed by atoms with Crippen LogP contribution in [-0.4, -0.2) is 16.0 Å². The lowest BCUT2D eigenvalue weighted by molar-refractivity contribution is 0.251. The summed E-state index contributed by atoms with van der Waals surface area (Å²) < 4.78 is 28.1. The number of nitrogens with one attached hydrogen (secondary N) is 4. The van der Waals surface area contributed by atoms with Crippen LogP contribution in [0.2, 0.25) is 0 Å². The summed E-state index contributed by atoms with van der Waals surface area (Å²) >= 11 is 0. The third-order valence-electron chi connectivity index (χ3n) is 4.41. The fourth-order valence-corrected chi connectivity index (χ4v) is 3.08. The molecule has 0 aliphatic heterocycles. The van der Waals surface area contributed by atoms with Crippen LogP contribution in [0.25, 0.3) is 22.2 Å². The van der Waals surface area contributed by atoms with Crippen LogP contribution in [0.5, 0.6) is 0 Å². The maximum absolute atomic E-state index is 14.4. The van der Waals surface area contributed by atoms with Crippen LogP contribution in [0.1, 0.15) is 5.56 Å². The van der Waals surface area contributed by atoms with Gasteiger partial charge in [-0.2, -0.15) is 0 Å². The van der Waals surface area contributed by atoms with Crippen molar-refractivity contribution in [1.82, 2.24) is 15.3 Å². The van der Waals surface area contributed by atoms with Crippen molar-refractivity contribution in [3.8, 4) is 11.1 Å². The molecule has 0 bridgehead atoms. The Kier molecular flexibility index (Phi) is 4.82. The van der Waals surface area contributed by atoms with E-state index in [0.717, 1.165) is 11.6 Å². The number of urea groups is 1. The van der Waals surface area contributed by atoms with Crippen molar-refractivity contribution in [2.24, 2.45) is 0 Å². The van der Waals surface area contributed by atoms with E-state index in [1.54, 1.807) is 48.5 Å². The summed E-state index contributed by atoms with van der Waals surface area (Å²) in [7, 11) is 0. The highest BCUT2D eigenvalue weighted by atomic mass is 19.1. The van der Waals surface area contributed by atoms with Crippen LogP contribution in [0.3, 0.4) is 0 Å². The van der Waals surface area contributed by atoms with Gasteiger partial charge in [-0.1, -0.05) is 36.4 Å². The molecular weight excluding hydrogens is 378 g/mol. The van der Waals surface area contributed by atoms with E-state index in [1.807, 2.05) is 0 Å². The van der Waals surface area contributed by atoms with Crippen LogP contribution in [-0.2, 0) is 6.54 Å². The standard InChI is InChI=1S/C21H16F2N4O2/c22-14-9-15(13-4-2-1-3-5-13)19(16(23)10-14)27-20(28)24-11-12-6-7-17-18(8-12)26-21(29)25-17/h1-10H,11H2,(H2,24,27,28)(H2,25,26,29). The predicted molar refractivity (Wildman–Crippen MR) is 107 cm³/mol. The molecule has 8 heteroatoms. The number of carbonyl (C=O) groups excluding carboxylic acids is 1. The number of halogens is 2. The average Bonchev–Trinajstić information content (AvgIpc) is 3.08. The topological polar surface area (TPSA) is 89.8 Å². The van der Waals surface area contributed by atoms with Crippen molar-refractivity contribution in [2.75, 3.05) is 5.32 Å². The number of fused-ring (bicyclic) bond motifs is 1. The summed E-state index contributed by atoms with van der Waals surface area (Å²) in [6.45, 7) is 0.151. The zero-order valence-corrected chi connectivity index (χ0v) is 15.1. The molecule has 2 amide bonds. The monoisotopic (exact) mass is 394 g/mol. The quantitative estimate of drug-likeness (QED) is 0.419. The Morgan fingerprint density at radius 1 is 0.931 bits per heavy atom. The summed E-state index contributed by atoms with van der Waals surface area (Å²) in [4.78, 5) is 28.9. The molecule has 0 radical (unpaired) electrons. The number of hydrogen-bond donors (Lipinski definition) is 4. The number of hydrogen-bond acceptors (Lipinski definition) is 2. The van der Waals surface area contributed by atoms with Gasteiger partial charge in [-0.05, 0) is 29.3 Å². The molecular formula is C21H16F2N4O2. The Morgan fingerprint density at radius 2 is 1.69 bits per heavy atom. The maximum Gasteiger partial charge on any atom is 0.323 e. The molecule has 4 rings (SSSR count). The number of rotatable bonds is 4. The summed E-state index contributed by atoms with van der Waals surface area (Å²) in [5, 5.41) is 5.09. The maximum atomic E-state index is 14.4. The first-order chi connectivity index (χ1) is 14.0. The van der Waals surface area contributed by atoms with Gasteiger partial charge in [-0.25, -0.2) is 18.4 Å². The van der Waals surface area contributed by atoms with Crippen molar-refractivity contribution in [3.63, 3.8) is 0 Å². The van der Waals surface area contributed by atoms with Crippen molar-refractivity contribution < 1.29 is 13.6 Å². The highest BCUT2D eigenvalue weighted by Gasteiger charge is 2.15. The van der Waals surface area contributed by atoms with Gasteiger partial charge in [-0.15, -0.1) is 0 Å². The second kappa shape index (κ2) is 7.59. The van der Waals surface area contributed by atoms with E-state index >= 15 is 0 Å². The average molecular weight is 394 g/mol. The SMILES string of the molecule is O=C(NCc1ccc2[nH]c(=O)[nH]c2c1)Nc1c(F)cc(F)cc1-c1ccccc1. The molecule has 6 nitrogen and oxygen atoms in total. The molecule has 0 atom stereocenters. The molecule has 4 aromatic rings. The second-order valence-corrected chi connectivity index (χ2v) is 6.44. The number of imidazole rings is 1. The minimum absolute atomic E-state index is 0.111. The van der Waals surface area contributed by atoms with E-state index in [4.69, 9.17) is 0 Å². The first-order valence-corrected chi connectivity index (χ1v) is 8.80. The number of aromatic amines is 2. The van der Waals surface area contributed by atoms with Gasteiger partial charge >= 0.3 is 11.7 Å². The largest absolute Gasteiger partial charge is 0.334 e. The van der Waals surface area contributed by atoms with Gasteiger partial charge in [0.2, 0.25) is 0 Å². The minimum Gasteiger partial charge on any atom is -0.334 e. The van der Waals surface area contributed by atoms with Gasteiger partial charge in [0.1, 0.15) is 11.6 Å². The van der Waals surface area contributed by atoms with E-state index in [2.05, 4.69) is 20.6 Å². The Balaban J connectivity index is 1.52. The fourth-order valence-electron chi connectivity index (χ4n) is 3.08. The van der Waals surface area contributed by atoms with Crippen LogP contribution in [0.4, 0.5) is 19.3 Å². The molecule has 0 spiro atoms. The smallest absolute Gasteiger partial charge is 0.323 e. The third-order valence-corrected chi connectivity index (χ3v) is 4.41. The molecule has 146 valence electrons. The highest BCUT2D eigenvalue weighted by molar-refractivity contribution is 5.94. The van der Waals surface area contributed by atoms with Crippen LogP contribution >= 0.6 is 0 Å². The molecule has 0 saturated carbocycles. The van der Waals surface area contributed by atoms with E-state index < -0.39 is 17.7 Å². The Hall–Kier alpha value is -3.94. The highest BCUT2D eigenvalue weighted by Crippen LogP contribution is 2.31. The number of anilines is 1. The lowest BCUT2D eigenvalue weighted by Crippen LogP contribution is -2.28. The molecule has 4 N–H and O–H groups in total. The summed E-state index contributed by atoms with van der Waals surface area (Å²) in [5.41, 5.74) is 2.40. The molecule has 0 fully saturated rings. The first kappa shape index (κ1) is 18.4. The van der Waals surface area contributed by atoms with Gasteiger partial charge < -0.3 is 20.6 Å². The number of carbonyl (C=O) groups is 1. The van der Waals surface area contributed by atoms with Gasteiger partial charge in [-0.3, -0.25) is 0 Å². The number of aromatic nitrogens is 2. The molecule has 0 unspecified atom stereocenters. The Morgan fingerprint density at radius 3 is 2.48 bits per heavy atom. The normalized spacial score (nSPS) is 10.8. The Bertz CT molecular complexity index is 1250. The van der Waals surface area contributed by atoms with Gasteiger partial charge in [0, 0.05) is 18.2 Å². The molecule has 3 aromatic carbocycles. The molecule has 1 aromatic heterocycles. The summed E-state index contributed by atoms with van der Waals surface area (Å²) in [5.74, 6) is -1.61. The van der Waals surface area contributed by atoms with Crippen molar-refractivity contribution in [1.29, 1.82) is 0 Å². The van der Waals surface area contributed by atoms with Gasteiger partial charge in [0.05, 0.1) is 16.7 Å². The Labute approximate surface area is 163 Å². The molecule has 0 aliphatic rings.